The third kappa shape index (κ3) is 2.79. The van der Waals surface area contributed by atoms with Crippen molar-refractivity contribution in [2.45, 2.75) is 31.7 Å². The highest BCUT2D eigenvalue weighted by Gasteiger charge is 2.18. The van der Waals surface area contributed by atoms with E-state index in [1.54, 1.807) is 24.0 Å². The molecular formula is C12H16N6O2. The molecule has 2 aromatic heterocycles. The lowest BCUT2D eigenvalue weighted by Crippen LogP contribution is -2.36. The normalized spacial score (nSPS) is 15.4. The molecule has 0 bridgehead atoms. The molecule has 1 aliphatic rings. The number of carbonyl (C=O) groups excluding carboxylic acids is 1. The van der Waals surface area contributed by atoms with Crippen LogP contribution in [0.1, 0.15) is 25.7 Å². The molecule has 8 heteroatoms. The molecule has 2 N–H and O–H groups in total. The minimum absolute atomic E-state index is 0.0705. The topological polar surface area (TPSA) is 97.9 Å². The first-order valence-corrected chi connectivity index (χ1v) is 6.62. The van der Waals surface area contributed by atoms with E-state index in [4.69, 9.17) is 4.42 Å². The summed E-state index contributed by atoms with van der Waals surface area (Å²) in [6.45, 7) is 0. The maximum atomic E-state index is 11.7. The molecule has 0 atom stereocenters. The van der Waals surface area contributed by atoms with Gasteiger partial charge in [-0.15, -0.1) is 5.10 Å². The zero-order valence-electron chi connectivity index (χ0n) is 11.2. The average Bonchev–Trinajstić information content (AvgIpc) is 3.10. The summed E-state index contributed by atoms with van der Waals surface area (Å²) in [5, 5.41) is 17.2. The Morgan fingerprint density at radius 2 is 2.20 bits per heavy atom. The Labute approximate surface area is 115 Å². The number of rotatable bonds is 3. The van der Waals surface area contributed by atoms with Crippen LogP contribution in [-0.4, -0.2) is 32.1 Å². The van der Waals surface area contributed by atoms with Crippen molar-refractivity contribution in [3.05, 3.63) is 12.3 Å². The molecular weight excluding hydrogens is 260 g/mol. The molecule has 2 amide bonds. The van der Waals surface area contributed by atoms with Crippen molar-refractivity contribution in [1.82, 2.24) is 25.3 Å². The predicted molar refractivity (Wildman–Crippen MR) is 70.9 cm³/mol. The van der Waals surface area contributed by atoms with Gasteiger partial charge in [-0.3, -0.25) is 10.00 Å². The first-order valence-electron chi connectivity index (χ1n) is 6.62. The zero-order chi connectivity index (χ0) is 13.9. The smallest absolute Gasteiger partial charge is 0.324 e. The van der Waals surface area contributed by atoms with E-state index in [0.29, 0.717) is 5.69 Å². The van der Waals surface area contributed by atoms with Gasteiger partial charge in [-0.1, -0.05) is 17.9 Å². The van der Waals surface area contributed by atoms with E-state index in [9.17, 15) is 4.79 Å². The van der Waals surface area contributed by atoms with Gasteiger partial charge in [0.05, 0.1) is 0 Å². The number of aromatic nitrogens is 4. The van der Waals surface area contributed by atoms with Gasteiger partial charge in [-0.25, -0.2) is 4.79 Å². The lowest BCUT2D eigenvalue weighted by molar-refractivity contribution is 0.248. The summed E-state index contributed by atoms with van der Waals surface area (Å²) >= 11 is 0. The van der Waals surface area contributed by atoms with Gasteiger partial charge in [0.15, 0.2) is 0 Å². The fourth-order valence-electron chi connectivity index (χ4n) is 2.30. The molecule has 0 aliphatic heterocycles. The van der Waals surface area contributed by atoms with Gasteiger partial charge in [0.1, 0.15) is 5.69 Å². The van der Waals surface area contributed by atoms with Crippen LogP contribution in [0.5, 0.6) is 0 Å². The van der Waals surface area contributed by atoms with Crippen LogP contribution in [0, 0.1) is 0 Å². The average molecular weight is 276 g/mol. The molecule has 0 unspecified atom stereocenters. The summed E-state index contributed by atoms with van der Waals surface area (Å²) in [6, 6.07) is 1.76. The molecule has 8 nitrogen and oxygen atoms in total. The summed E-state index contributed by atoms with van der Waals surface area (Å²) in [7, 11) is 1.80. The molecule has 2 aromatic rings. The minimum Gasteiger partial charge on any atom is -0.401 e. The van der Waals surface area contributed by atoms with Crippen molar-refractivity contribution in [3.63, 3.8) is 0 Å². The van der Waals surface area contributed by atoms with Crippen LogP contribution in [0.25, 0.3) is 11.6 Å². The van der Waals surface area contributed by atoms with Crippen LogP contribution in [0.2, 0.25) is 0 Å². The van der Waals surface area contributed by atoms with Gasteiger partial charge >= 0.3 is 12.0 Å². The number of aryl methyl sites for hydroxylation is 1. The quantitative estimate of drug-likeness (QED) is 0.886. The van der Waals surface area contributed by atoms with E-state index in [2.05, 4.69) is 25.9 Å². The number of urea groups is 1. The highest BCUT2D eigenvalue weighted by molar-refractivity contribution is 5.87. The molecule has 0 aromatic carbocycles. The summed E-state index contributed by atoms with van der Waals surface area (Å²) in [5.74, 6) is 0.279. The fourth-order valence-corrected chi connectivity index (χ4v) is 2.30. The van der Waals surface area contributed by atoms with Gasteiger partial charge in [0.2, 0.25) is 0 Å². The maximum Gasteiger partial charge on any atom is 0.324 e. The number of hydrogen-bond acceptors (Lipinski definition) is 5. The van der Waals surface area contributed by atoms with E-state index in [1.165, 1.54) is 0 Å². The Morgan fingerprint density at radius 1 is 1.40 bits per heavy atom. The SMILES string of the molecule is Cn1ccc(-c2nnc(NC(=O)NC3CCCC3)o2)n1. The van der Waals surface area contributed by atoms with Crippen molar-refractivity contribution < 1.29 is 9.21 Å². The Kier molecular flexibility index (Phi) is 3.36. The number of anilines is 1. The summed E-state index contributed by atoms with van der Waals surface area (Å²) in [5.41, 5.74) is 0.573. The lowest BCUT2D eigenvalue weighted by Gasteiger charge is -2.10. The summed E-state index contributed by atoms with van der Waals surface area (Å²) in [6.07, 6.45) is 6.15. The monoisotopic (exact) mass is 276 g/mol. The number of hydrogen-bond donors (Lipinski definition) is 2. The van der Waals surface area contributed by atoms with Crippen molar-refractivity contribution in [3.8, 4) is 11.6 Å². The molecule has 3 rings (SSSR count). The van der Waals surface area contributed by atoms with E-state index < -0.39 is 0 Å². The predicted octanol–water partition coefficient (Wildman–Crippen LogP) is 1.53. The van der Waals surface area contributed by atoms with Gasteiger partial charge < -0.3 is 9.73 Å². The third-order valence-electron chi connectivity index (χ3n) is 3.27. The standard InChI is InChI=1S/C12H16N6O2/c1-18-7-6-9(17-18)10-15-16-12(20-10)14-11(19)13-8-4-2-3-5-8/h6-8H,2-5H2,1H3,(H2,13,14,16,19). The Bertz CT molecular complexity index is 599. The Morgan fingerprint density at radius 3 is 2.90 bits per heavy atom. The number of nitrogens with one attached hydrogen (secondary N) is 2. The van der Waals surface area contributed by atoms with Crippen molar-refractivity contribution in [2.75, 3.05) is 5.32 Å². The van der Waals surface area contributed by atoms with E-state index in [1.807, 2.05) is 0 Å². The molecule has 2 heterocycles. The molecule has 1 aliphatic carbocycles. The summed E-state index contributed by atoms with van der Waals surface area (Å²) in [4.78, 5) is 11.7. The molecule has 1 saturated carbocycles. The van der Waals surface area contributed by atoms with Gasteiger partial charge in [0, 0.05) is 19.3 Å². The van der Waals surface area contributed by atoms with Crippen molar-refractivity contribution >= 4 is 12.0 Å². The highest BCUT2D eigenvalue weighted by Crippen LogP contribution is 2.19. The third-order valence-corrected chi connectivity index (χ3v) is 3.27. The van der Waals surface area contributed by atoms with Gasteiger partial charge in [0.25, 0.3) is 5.89 Å². The van der Waals surface area contributed by atoms with Crippen LogP contribution in [0.3, 0.4) is 0 Å². The van der Waals surface area contributed by atoms with E-state index in [-0.39, 0.29) is 24.0 Å². The van der Waals surface area contributed by atoms with Crippen LogP contribution in [0.15, 0.2) is 16.7 Å². The largest absolute Gasteiger partial charge is 0.401 e. The van der Waals surface area contributed by atoms with Crippen LogP contribution in [0.4, 0.5) is 10.8 Å². The van der Waals surface area contributed by atoms with Crippen molar-refractivity contribution in [1.29, 1.82) is 0 Å². The molecule has 106 valence electrons. The zero-order valence-corrected chi connectivity index (χ0v) is 11.2. The number of nitrogens with zero attached hydrogens (tertiary/aromatic N) is 4. The number of amides is 2. The minimum atomic E-state index is -0.312. The van der Waals surface area contributed by atoms with Gasteiger partial charge in [-0.05, 0) is 18.9 Å². The highest BCUT2D eigenvalue weighted by atomic mass is 16.4. The van der Waals surface area contributed by atoms with Gasteiger partial charge in [-0.2, -0.15) is 5.10 Å². The second kappa shape index (κ2) is 5.32. The van der Waals surface area contributed by atoms with Crippen LogP contribution in [-0.2, 0) is 7.05 Å². The Balaban J connectivity index is 1.60. The van der Waals surface area contributed by atoms with Crippen LogP contribution >= 0.6 is 0 Å². The number of carbonyl (C=O) groups is 1. The second-order valence-corrected chi connectivity index (χ2v) is 4.87. The Hall–Kier alpha value is -2.38. The second-order valence-electron chi connectivity index (χ2n) is 4.87. The molecule has 1 fully saturated rings. The molecule has 0 spiro atoms. The molecule has 0 radical (unpaired) electrons. The van der Waals surface area contributed by atoms with Crippen molar-refractivity contribution in [2.24, 2.45) is 7.05 Å². The van der Waals surface area contributed by atoms with E-state index in [0.717, 1.165) is 25.7 Å². The molecule has 0 saturated heterocycles. The lowest BCUT2D eigenvalue weighted by atomic mass is 10.3. The van der Waals surface area contributed by atoms with Crippen LogP contribution < -0.4 is 10.6 Å². The van der Waals surface area contributed by atoms with E-state index >= 15 is 0 Å². The fraction of sp³-hybridized carbons (Fsp3) is 0.500. The maximum absolute atomic E-state index is 11.7. The summed E-state index contributed by atoms with van der Waals surface area (Å²) < 4.78 is 6.99. The molecule has 20 heavy (non-hydrogen) atoms. The first-order chi connectivity index (χ1) is 9.70. The first kappa shape index (κ1) is 12.6.